The van der Waals surface area contributed by atoms with Gasteiger partial charge in [-0.3, -0.25) is 19.7 Å². The van der Waals surface area contributed by atoms with E-state index in [1.165, 1.54) is 0 Å². The molecular formula is C20H25N5O2. The molecule has 27 heavy (non-hydrogen) atoms. The maximum atomic E-state index is 12.5. The minimum atomic E-state index is -0.00832. The van der Waals surface area contributed by atoms with Gasteiger partial charge in [0.25, 0.3) is 5.91 Å². The van der Waals surface area contributed by atoms with E-state index in [1.54, 1.807) is 31.0 Å². The number of piperidine rings is 2. The van der Waals surface area contributed by atoms with E-state index in [9.17, 15) is 4.79 Å². The summed E-state index contributed by atoms with van der Waals surface area (Å²) in [6.45, 7) is 3.68. The van der Waals surface area contributed by atoms with E-state index in [2.05, 4.69) is 19.9 Å². The van der Waals surface area contributed by atoms with Crippen LogP contribution in [-0.2, 0) is 0 Å². The Balaban J connectivity index is 1.23. The van der Waals surface area contributed by atoms with Crippen LogP contribution in [0.3, 0.4) is 0 Å². The number of rotatable bonds is 4. The molecule has 4 heterocycles. The third-order valence-electron chi connectivity index (χ3n) is 5.48. The molecule has 0 radical (unpaired) electrons. The summed E-state index contributed by atoms with van der Waals surface area (Å²) in [4.78, 5) is 29.1. The molecule has 0 aliphatic carbocycles. The van der Waals surface area contributed by atoms with Gasteiger partial charge in [-0.05, 0) is 37.8 Å². The Kier molecular flexibility index (Phi) is 5.58. The van der Waals surface area contributed by atoms with Crippen LogP contribution in [0.5, 0.6) is 5.75 Å². The molecule has 142 valence electrons. The number of aromatic nitrogens is 3. The standard InChI is InChI=1S/C20H25N5O2/c26-20(19-15-22-9-10-23-19)25-11-3-16(4-12-25)24-13-5-18(6-14-24)27-17-1-7-21-8-2-17/h1-2,7-10,15-16,18H,3-6,11-14H2. The van der Waals surface area contributed by atoms with Crippen LogP contribution in [0.25, 0.3) is 0 Å². The molecule has 7 nitrogen and oxygen atoms in total. The summed E-state index contributed by atoms with van der Waals surface area (Å²) >= 11 is 0. The van der Waals surface area contributed by atoms with Gasteiger partial charge in [-0.15, -0.1) is 0 Å². The number of hydrogen-bond acceptors (Lipinski definition) is 6. The summed E-state index contributed by atoms with van der Waals surface area (Å²) in [5.74, 6) is 0.894. The zero-order valence-electron chi connectivity index (χ0n) is 15.4. The first-order valence-corrected chi connectivity index (χ1v) is 9.65. The van der Waals surface area contributed by atoms with E-state index in [0.29, 0.717) is 11.7 Å². The molecule has 0 aromatic carbocycles. The maximum Gasteiger partial charge on any atom is 0.274 e. The lowest BCUT2D eigenvalue weighted by Gasteiger charge is -2.41. The van der Waals surface area contributed by atoms with E-state index >= 15 is 0 Å². The van der Waals surface area contributed by atoms with Gasteiger partial charge in [-0.25, -0.2) is 4.98 Å². The number of pyridine rings is 1. The van der Waals surface area contributed by atoms with Crippen LogP contribution in [0.2, 0.25) is 0 Å². The first-order chi connectivity index (χ1) is 13.3. The number of ether oxygens (including phenoxy) is 1. The molecule has 4 rings (SSSR count). The summed E-state index contributed by atoms with van der Waals surface area (Å²) in [6.07, 6.45) is 12.6. The zero-order chi connectivity index (χ0) is 18.5. The molecule has 2 saturated heterocycles. The van der Waals surface area contributed by atoms with Crippen LogP contribution in [0.15, 0.2) is 43.1 Å². The van der Waals surface area contributed by atoms with Crippen molar-refractivity contribution in [2.24, 2.45) is 0 Å². The molecule has 2 aromatic rings. The molecule has 2 fully saturated rings. The number of carbonyl (C=O) groups is 1. The van der Waals surface area contributed by atoms with Gasteiger partial charge >= 0.3 is 0 Å². The quantitative estimate of drug-likeness (QED) is 0.823. The van der Waals surface area contributed by atoms with Crippen molar-refractivity contribution < 1.29 is 9.53 Å². The first kappa shape index (κ1) is 17.9. The Hall–Kier alpha value is -2.54. The van der Waals surface area contributed by atoms with Gasteiger partial charge in [0.15, 0.2) is 0 Å². The minimum Gasteiger partial charge on any atom is -0.490 e. The highest BCUT2D eigenvalue weighted by molar-refractivity contribution is 5.92. The van der Waals surface area contributed by atoms with Crippen LogP contribution < -0.4 is 4.74 Å². The van der Waals surface area contributed by atoms with E-state index in [-0.39, 0.29) is 12.0 Å². The summed E-state index contributed by atoms with van der Waals surface area (Å²) in [6, 6.07) is 4.38. The molecule has 2 aromatic heterocycles. The molecule has 0 bridgehead atoms. The highest BCUT2D eigenvalue weighted by atomic mass is 16.5. The maximum absolute atomic E-state index is 12.5. The van der Waals surface area contributed by atoms with Crippen LogP contribution in [0, 0.1) is 0 Å². The fourth-order valence-corrected chi connectivity index (χ4v) is 3.97. The van der Waals surface area contributed by atoms with Gasteiger partial charge < -0.3 is 9.64 Å². The minimum absolute atomic E-state index is 0.00832. The average Bonchev–Trinajstić information content (AvgIpc) is 2.75. The van der Waals surface area contributed by atoms with Crippen molar-refractivity contribution in [1.82, 2.24) is 24.8 Å². The van der Waals surface area contributed by atoms with Crippen LogP contribution in [-0.4, -0.2) is 69.0 Å². The molecule has 0 atom stereocenters. The summed E-state index contributed by atoms with van der Waals surface area (Å²) in [7, 11) is 0. The van der Waals surface area contributed by atoms with Gasteiger partial charge in [0, 0.05) is 57.0 Å². The highest BCUT2D eigenvalue weighted by Gasteiger charge is 2.30. The van der Waals surface area contributed by atoms with Crippen molar-refractivity contribution in [3.05, 3.63) is 48.8 Å². The summed E-state index contributed by atoms with van der Waals surface area (Å²) < 4.78 is 6.06. The third-order valence-corrected chi connectivity index (χ3v) is 5.48. The van der Waals surface area contributed by atoms with Crippen molar-refractivity contribution in [3.8, 4) is 5.75 Å². The van der Waals surface area contributed by atoms with Gasteiger partial charge in [0.05, 0.1) is 6.20 Å². The topological polar surface area (TPSA) is 71.5 Å². The van der Waals surface area contributed by atoms with Crippen molar-refractivity contribution >= 4 is 5.91 Å². The zero-order valence-corrected chi connectivity index (χ0v) is 15.4. The van der Waals surface area contributed by atoms with E-state index in [4.69, 9.17) is 4.74 Å². The normalized spacial score (nSPS) is 19.8. The van der Waals surface area contributed by atoms with Gasteiger partial charge in [-0.1, -0.05) is 0 Å². The number of likely N-dealkylation sites (tertiary alicyclic amines) is 2. The molecule has 0 N–H and O–H groups in total. The highest BCUT2D eigenvalue weighted by Crippen LogP contribution is 2.24. The predicted octanol–water partition coefficient (Wildman–Crippen LogP) is 2.02. The average molecular weight is 367 g/mol. The second-order valence-electron chi connectivity index (χ2n) is 7.15. The lowest BCUT2D eigenvalue weighted by atomic mass is 9.98. The summed E-state index contributed by atoms with van der Waals surface area (Å²) in [5.41, 5.74) is 0.435. The lowest BCUT2D eigenvalue weighted by molar-refractivity contribution is 0.0422. The Morgan fingerprint density at radius 2 is 1.67 bits per heavy atom. The number of carbonyl (C=O) groups excluding carboxylic acids is 1. The second kappa shape index (κ2) is 8.43. The van der Waals surface area contributed by atoms with Gasteiger partial charge in [0.2, 0.25) is 0 Å². The molecular weight excluding hydrogens is 342 g/mol. The fourth-order valence-electron chi connectivity index (χ4n) is 3.97. The lowest BCUT2D eigenvalue weighted by Crippen LogP contribution is -2.50. The van der Waals surface area contributed by atoms with Crippen molar-refractivity contribution in [3.63, 3.8) is 0 Å². The largest absolute Gasteiger partial charge is 0.490 e. The summed E-state index contributed by atoms with van der Waals surface area (Å²) in [5, 5.41) is 0. The monoisotopic (exact) mass is 367 g/mol. The van der Waals surface area contributed by atoms with Gasteiger partial charge in [-0.2, -0.15) is 0 Å². The second-order valence-corrected chi connectivity index (χ2v) is 7.15. The number of amides is 1. The molecule has 1 amide bonds. The Morgan fingerprint density at radius 1 is 0.926 bits per heavy atom. The Morgan fingerprint density at radius 3 is 2.33 bits per heavy atom. The number of nitrogens with zero attached hydrogens (tertiary/aromatic N) is 5. The predicted molar refractivity (Wildman–Crippen MR) is 100 cm³/mol. The van der Waals surface area contributed by atoms with Crippen molar-refractivity contribution in [2.45, 2.75) is 37.8 Å². The molecule has 2 aliphatic heterocycles. The molecule has 2 aliphatic rings. The van der Waals surface area contributed by atoms with Crippen molar-refractivity contribution in [2.75, 3.05) is 26.2 Å². The fraction of sp³-hybridized carbons (Fsp3) is 0.500. The molecule has 0 unspecified atom stereocenters. The van der Waals surface area contributed by atoms with Crippen LogP contribution in [0.4, 0.5) is 0 Å². The van der Waals surface area contributed by atoms with Crippen LogP contribution in [0.1, 0.15) is 36.2 Å². The smallest absolute Gasteiger partial charge is 0.274 e. The third kappa shape index (κ3) is 4.42. The van der Waals surface area contributed by atoms with E-state index in [1.807, 2.05) is 17.0 Å². The van der Waals surface area contributed by atoms with E-state index in [0.717, 1.165) is 57.6 Å². The molecule has 7 heteroatoms. The van der Waals surface area contributed by atoms with Crippen molar-refractivity contribution in [1.29, 1.82) is 0 Å². The van der Waals surface area contributed by atoms with Gasteiger partial charge in [0.1, 0.15) is 17.5 Å². The number of hydrogen-bond donors (Lipinski definition) is 0. The Labute approximate surface area is 159 Å². The first-order valence-electron chi connectivity index (χ1n) is 9.65. The molecule has 0 saturated carbocycles. The van der Waals surface area contributed by atoms with Crippen LogP contribution >= 0.6 is 0 Å². The molecule has 0 spiro atoms. The SMILES string of the molecule is O=C(c1cnccn1)N1CCC(N2CCC(Oc3ccncc3)CC2)CC1. The van der Waals surface area contributed by atoms with E-state index < -0.39 is 0 Å². The Bertz CT molecular complexity index is 727.